The van der Waals surface area contributed by atoms with Gasteiger partial charge in [0.1, 0.15) is 22.9 Å². The summed E-state index contributed by atoms with van der Waals surface area (Å²) in [6, 6.07) is 20.2. The molecule has 0 atom stereocenters. The van der Waals surface area contributed by atoms with Gasteiger partial charge in [-0.15, -0.1) is 5.10 Å². The lowest BCUT2D eigenvalue weighted by Gasteiger charge is -2.09. The number of benzene rings is 3. The van der Waals surface area contributed by atoms with Gasteiger partial charge in [0.2, 0.25) is 0 Å². The third kappa shape index (κ3) is 3.93. The highest BCUT2D eigenvalue weighted by atomic mass is 19.4. The fraction of sp³-hybridized carbons (Fsp3) is 0.0833. The standard InChI is InChI=1S/C24H15F4N5/c25-18-11-4-5-12-20(18)33-22(15-7-2-1-3-8-15)21(31-32-33)19-14-29-23(30-19)16-9-6-10-17(13-16)24(26,27)28/h1-13H,14H2. The lowest BCUT2D eigenvalue weighted by molar-refractivity contribution is -0.137. The number of aromatic nitrogens is 3. The van der Waals surface area contributed by atoms with Crippen molar-refractivity contribution in [2.45, 2.75) is 6.18 Å². The molecule has 0 aliphatic carbocycles. The van der Waals surface area contributed by atoms with Crippen molar-refractivity contribution >= 4 is 11.5 Å². The molecule has 0 N–H and O–H groups in total. The Morgan fingerprint density at radius 1 is 0.818 bits per heavy atom. The van der Waals surface area contributed by atoms with Gasteiger partial charge in [-0.25, -0.2) is 14.1 Å². The minimum Gasteiger partial charge on any atom is -0.260 e. The minimum atomic E-state index is -4.47. The zero-order valence-corrected chi connectivity index (χ0v) is 17.0. The Balaban J connectivity index is 1.59. The summed E-state index contributed by atoms with van der Waals surface area (Å²) in [7, 11) is 0. The van der Waals surface area contributed by atoms with Crippen molar-refractivity contribution in [3.63, 3.8) is 0 Å². The number of amidine groups is 1. The van der Waals surface area contributed by atoms with Gasteiger partial charge in [-0.1, -0.05) is 59.8 Å². The van der Waals surface area contributed by atoms with E-state index in [4.69, 9.17) is 0 Å². The van der Waals surface area contributed by atoms with Gasteiger partial charge in [0.05, 0.1) is 17.8 Å². The van der Waals surface area contributed by atoms with E-state index in [1.807, 2.05) is 30.3 Å². The van der Waals surface area contributed by atoms with Crippen LogP contribution in [0.4, 0.5) is 17.6 Å². The van der Waals surface area contributed by atoms with Crippen LogP contribution >= 0.6 is 0 Å². The zero-order valence-electron chi connectivity index (χ0n) is 17.0. The molecule has 4 aromatic rings. The summed E-state index contributed by atoms with van der Waals surface area (Å²) < 4.78 is 55.3. The Kier molecular flexibility index (Phi) is 5.08. The Labute approximate surface area is 185 Å². The van der Waals surface area contributed by atoms with Crippen LogP contribution in [-0.4, -0.2) is 33.1 Å². The van der Waals surface area contributed by atoms with Gasteiger partial charge in [0.25, 0.3) is 0 Å². The molecule has 3 aromatic carbocycles. The molecule has 0 radical (unpaired) electrons. The quantitative estimate of drug-likeness (QED) is 0.395. The average Bonchev–Trinajstić information content (AvgIpc) is 3.47. The number of nitrogens with zero attached hydrogens (tertiary/aromatic N) is 5. The van der Waals surface area contributed by atoms with E-state index in [0.29, 0.717) is 17.1 Å². The van der Waals surface area contributed by atoms with Crippen LogP contribution in [0.15, 0.2) is 88.8 Å². The topological polar surface area (TPSA) is 55.4 Å². The molecule has 0 saturated heterocycles. The predicted molar refractivity (Wildman–Crippen MR) is 116 cm³/mol. The van der Waals surface area contributed by atoms with Gasteiger partial charge in [-0.3, -0.25) is 4.99 Å². The fourth-order valence-electron chi connectivity index (χ4n) is 3.59. The van der Waals surface area contributed by atoms with Crippen molar-refractivity contribution in [2.75, 3.05) is 6.54 Å². The van der Waals surface area contributed by atoms with Crippen molar-refractivity contribution < 1.29 is 17.6 Å². The first-order valence-corrected chi connectivity index (χ1v) is 9.98. The second-order valence-corrected chi connectivity index (χ2v) is 7.29. The molecule has 0 spiro atoms. The second kappa shape index (κ2) is 8.09. The van der Waals surface area contributed by atoms with Crippen LogP contribution in [0.5, 0.6) is 0 Å². The molecule has 33 heavy (non-hydrogen) atoms. The van der Waals surface area contributed by atoms with E-state index in [9.17, 15) is 17.6 Å². The summed E-state index contributed by atoms with van der Waals surface area (Å²) in [6.07, 6.45) is -4.47. The van der Waals surface area contributed by atoms with Gasteiger partial charge in [-0.2, -0.15) is 13.2 Å². The zero-order chi connectivity index (χ0) is 23.0. The SMILES string of the molecule is Fc1ccccc1-n1nnc(C2=NC(c3cccc(C(F)(F)F)c3)=NC2)c1-c1ccccc1. The molecule has 1 aliphatic heterocycles. The average molecular weight is 449 g/mol. The molecule has 0 fully saturated rings. The van der Waals surface area contributed by atoms with Crippen LogP contribution in [0.1, 0.15) is 16.8 Å². The third-order valence-electron chi connectivity index (χ3n) is 5.14. The van der Waals surface area contributed by atoms with E-state index in [2.05, 4.69) is 20.3 Å². The van der Waals surface area contributed by atoms with Crippen molar-refractivity contribution in [1.82, 2.24) is 15.0 Å². The van der Waals surface area contributed by atoms with Crippen molar-refractivity contribution in [3.8, 4) is 16.9 Å². The first-order valence-electron chi connectivity index (χ1n) is 9.98. The molecule has 1 aliphatic rings. The predicted octanol–water partition coefficient (Wildman–Crippen LogP) is 5.34. The first kappa shape index (κ1) is 20.7. The molecule has 2 heterocycles. The summed E-state index contributed by atoms with van der Waals surface area (Å²) in [5.74, 6) is -0.295. The van der Waals surface area contributed by atoms with Crippen molar-refractivity contribution in [1.29, 1.82) is 0 Å². The number of hydrogen-bond donors (Lipinski definition) is 0. The maximum atomic E-state index is 14.5. The van der Waals surface area contributed by atoms with Crippen LogP contribution < -0.4 is 0 Å². The van der Waals surface area contributed by atoms with E-state index in [-0.39, 0.29) is 23.6 Å². The summed E-state index contributed by atoms with van der Waals surface area (Å²) in [4.78, 5) is 8.77. The van der Waals surface area contributed by atoms with Gasteiger partial charge >= 0.3 is 6.18 Å². The van der Waals surface area contributed by atoms with E-state index in [0.717, 1.165) is 17.7 Å². The monoisotopic (exact) mass is 449 g/mol. The molecule has 0 bridgehead atoms. The molecule has 0 unspecified atom stereocenters. The number of hydrogen-bond acceptors (Lipinski definition) is 4. The number of alkyl halides is 3. The molecule has 9 heteroatoms. The van der Waals surface area contributed by atoms with Crippen LogP contribution in [0, 0.1) is 5.82 Å². The number of rotatable bonds is 4. The lowest BCUT2D eigenvalue weighted by Crippen LogP contribution is -2.08. The molecular formula is C24H15F4N5. The van der Waals surface area contributed by atoms with E-state index >= 15 is 0 Å². The maximum absolute atomic E-state index is 14.5. The highest BCUT2D eigenvalue weighted by Crippen LogP contribution is 2.31. The van der Waals surface area contributed by atoms with Crippen LogP contribution in [0.2, 0.25) is 0 Å². The number of aliphatic imine (C=N–C) groups is 2. The molecule has 1 aromatic heterocycles. The van der Waals surface area contributed by atoms with E-state index < -0.39 is 17.6 Å². The van der Waals surface area contributed by atoms with E-state index in [1.165, 1.54) is 22.9 Å². The number of halogens is 4. The van der Waals surface area contributed by atoms with Crippen LogP contribution in [-0.2, 0) is 6.18 Å². The molecule has 5 nitrogen and oxygen atoms in total. The second-order valence-electron chi connectivity index (χ2n) is 7.29. The summed E-state index contributed by atoms with van der Waals surface area (Å²) >= 11 is 0. The van der Waals surface area contributed by atoms with Crippen molar-refractivity contribution in [2.24, 2.45) is 9.98 Å². The largest absolute Gasteiger partial charge is 0.416 e. The van der Waals surface area contributed by atoms with Gasteiger partial charge < -0.3 is 0 Å². The van der Waals surface area contributed by atoms with Crippen molar-refractivity contribution in [3.05, 3.63) is 102 Å². The Morgan fingerprint density at radius 2 is 1.55 bits per heavy atom. The minimum absolute atomic E-state index is 0.112. The normalized spacial score (nSPS) is 13.7. The smallest absolute Gasteiger partial charge is 0.260 e. The summed E-state index contributed by atoms with van der Waals surface area (Å²) in [6.45, 7) is 0.112. The Bertz CT molecular complexity index is 1390. The summed E-state index contributed by atoms with van der Waals surface area (Å²) in [5, 5.41) is 8.40. The maximum Gasteiger partial charge on any atom is 0.416 e. The fourth-order valence-corrected chi connectivity index (χ4v) is 3.59. The Morgan fingerprint density at radius 3 is 2.30 bits per heavy atom. The van der Waals surface area contributed by atoms with Gasteiger partial charge in [-0.05, 0) is 24.3 Å². The van der Waals surface area contributed by atoms with E-state index in [1.54, 1.807) is 18.2 Å². The molecule has 0 amide bonds. The van der Waals surface area contributed by atoms with Crippen LogP contribution in [0.25, 0.3) is 16.9 Å². The third-order valence-corrected chi connectivity index (χ3v) is 5.14. The van der Waals surface area contributed by atoms with Crippen LogP contribution in [0.3, 0.4) is 0 Å². The molecule has 0 saturated carbocycles. The molecule has 164 valence electrons. The lowest BCUT2D eigenvalue weighted by atomic mass is 10.1. The molecule has 5 rings (SSSR count). The molecular weight excluding hydrogens is 434 g/mol. The highest BCUT2D eigenvalue weighted by Gasteiger charge is 2.31. The van der Waals surface area contributed by atoms with Gasteiger partial charge in [0, 0.05) is 11.1 Å². The Hall–Kier alpha value is -4.14. The summed E-state index contributed by atoms with van der Waals surface area (Å²) in [5.41, 5.74) is 1.76. The number of para-hydroxylation sites is 1. The van der Waals surface area contributed by atoms with Gasteiger partial charge in [0.15, 0.2) is 5.84 Å². The highest BCUT2D eigenvalue weighted by molar-refractivity contribution is 6.18. The first-order chi connectivity index (χ1) is 15.9.